The number of amides is 1. The Morgan fingerprint density at radius 3 is 2.25 bits per heavy atom. The lowest BCUT2D eigenvalue weighted by molar-refractivity contribution is -0.126. The van der Waals surface area contributed by atoms with Crippen LogP contribution in [-0.2, 0) is 20.2 Å². The zero-order valence-corrected chi connectivity index (χ0v) is 18.2. The Morgan fingerprint density at radius 2 is 1.64 bits per heavy atom. The molecule has 28 heavy (non-hydrogen) atoms. The number of rotatable bonds is 4. The molecular weight excluding hydrogens is 372 g/mol. The minimum Gasteiger partial charge on any atom is -0.352 e. The van der Waals surface area contributed by atoms with Crippen LogP contribution < -0.4 is 5.32 Å². The summed E-state index contributed by atoms with van der Waals surface area (Å²) < 4.78 is 27.7. The van der Waals surface area contributed by atoms with Gasteiger partial charge in [0, 0.05) is 25.0 Å². The molecule has 1 amide bonds. The summed E-state index contributed by atoms with van der Waals surface area (Å²) >= 11 is 0. The Kier molecular flexibility index (Phi) is 6.50. The minimum atomic E-state index is -3.54. The Morgan fingerprint density at radius 1 is 1.00 bits per heavy atom. The molecule has 0 aromatic heterocycles. The predicted octanol–water partition coefficient (Wildman–Crippen LogP) is 3.83. The molecule has 0 bridgehead atoms. The Labute approximate surface area is 169 Å². The maximum Gasteiger partial charge on any atom is 0.243 e. The van der Waals surface area contributed by atoms with Crippen LogP contribution in [-0.4, -0.2) is 37.8 Å². The second-order valence-electron chi connectivity index (χ2n) is 9.32. The number of nitrogens with one attached hydrogen (secondary N) is 1. The molecule has 5 nitrogen and oxygen atoms in total. The van der Waals surface area contributed by atoms with Gasteiger partial charge >= 0.3 is 0 Å². The van der Waals surface area contributed by atoms with E-state index in [1.54, 1.807) is 12.1 Å². The van der Waals surface area contributed by atoms with E-state index in [9.17, 15) is 13.2 Å². The number of hydrogen-bond acceptors (Lipinski definition) is 3. The van der Waals surface area contributed by atoms with E-state index >= 15 is 0 Å². The monoisotopic (exact) mass is 406 g/mol. The molecule has 156 valence electrons. The third kappa shape index (κ3) is 4.95. The Bertz CT molecular complexity index is 775. The van der Waals surface area contributed by atoms with Crippen molar-refractivity contribution in [3.8, 4) is 0 Å². The molecular formula is C22H34N2O3S. The number of benzene rings is 1. The SMILES string of the molecule is CC(C)(C)c1ccc(S(=O)(=O)N2CCC[C@H](NC(=O)C3CCCCC3)C2)cc1. The quantitative estimate of drug-likeness (QED) is 0.826. The van der Waals surface area contributed by atoms with E-state index in [4.69, 9.17) is 0 Å². The summed E-state index contributed by atoms with van der Waals surface area (Å²) in [6.45, 7) is 7.21. The largest absolute Gasteiger partial charge is 0.352 e. The third-order valence-corrected chi connectivity index (χ3v) is 7.94. The van der Waals surface area contributed by atoms with E-state index < -0.39 is 10.0 Å². The van der Waals surface area contributed by atoms with Crippen LogP contribution >= 0.6 is 0 Å². The van der Waals surface area contributed by atoms with Crippen molar-refractivity contribution in [1.82, 2.24) is 9.62 Å². The molecule has 1 saturated carbocycles. The molecule has 1 N–H and O–H groups in total. The number of hydrogen-bond donors (Lipinski definition) is 1. The van der Waals surface area contributed by atoms with Gasteiger partial charge < -0.3 is 5.32 Å². The number of piperidine rings is 1. The molecule has 0 spiro atoms. The average molecular weight is 407 g/mol. The fraction of sp³-hybridized carbons (Fsp3) is 0.682. The molecule has 2 fully saturated rings. The van der Waals surface area contributed by atoms with Crippen LogP contribution in [0.4, 0.5) is 0 Å². The molecule has 1 saturated heterocycles. The molecule has 1 aliphatic carbocycles. The molecule has 6 heteroatoms. The predicted molar refractivity (Wildman–Crippen MR) is 112 cm³/mol. The number of carbonyl (C=O) groups is 1. The van der Waals surface area contributed by atoms with Gasteiger partial charge in [0.1, 0.15) is 0 Å². The van der Waals surface area contributed by atoms with Gasteiger partial charge in [-0.1, -0.05) is 52.2 Å². The van der Waals surface area contributed by atoms with Crippen molar-refractivity contribution in [2.45, 2.75) is 82.1 Å². The Hall–Kier alpha value is -1.40. The highest BCUT2D eigenvalue weighted by Crippen LogP contribution is 2.27. The summed E-state index contributed by atoms with van der Waals surface area (Å²) in [5.74, 6) is 0.212. The maximum atomic E-state index is 13.1. The molecule has 1 aromatic rings. The van der Waals surface area contributed by atoms with Gasteiger partial charge in [-0.3, -0.25) is 4.79 Å². The van der Waals surface area contributed by atoms with Gasteiger partial charge in [0.2, 0.25) is 15.9 Å². The average Bonchev–Trinajstić information content (AvgIpc) is 2.68. The third-order valence-electron chi connectivity index (χ3n) is 6.06. The second kappa shape index (κ2) is 8.54. The zero-order valence-electron chi connectivity index (χ0n) is 17.4. The van der Waals surface area contributed by atoms with E-state index in [-0.39, 0.29) is 23.3 Å². The van der Waals surface area contributed by atoms with Gasteiger partial charge in [0.25, 0.3) is 0 Å². The first-order valence-corrected chi connectivity index (χ1v) is 12.0. The summed E-state index contributed by atoms with van der Waals surface area (Å²) in [7, 11) is -3.54. The van der Waals surface area contributed by atoms with E-state index in [0.29, 0.717) is 18.0 Å². The van der Waals surface area contributed by atoms with Crippen molar-refractivity contribution in [2.75, 3.05) is 13.1 Å². The molecule has 1 atom stereocenters. The summed E-state index contributed by atoms with van der Waals surface area (Å²) in [5.41, 5.74) is 1.10. The molecule has 1 heterocycles. The summed E-state index contributed by atoms with van der Waals surface area (Å²) in [6.07, 6.45) is 6.98. The van der Waals surface area contributed by atoms with Gasteiger partial charge in [-0.2, -0.15) is 4.31 Å². The van der Waals surface area contributed by atoms with Gasteiger partial charge in [0.05, 0.1) is 4.90 Å². The smallest absolute Gasteiger partial charge is 0.243 e. The normalized spacial score (nSPS) is 22.8. The van der Waals surface area contributed by atoms with Crippen LogP contribution in [0.3, 0.4) is 0 Å². The van der Waals surface area contributed by atoms with Gasteiger partial charge in [0.15, 0.2) is 0 Å². The molecule has 2 aliphatic rings. The Balaban J connectivity index is 1.66. The van der Waals surface area contributed by atoms with Gasteiger partial charge in [-0.05, 0) is 48.8 Å². The van der Waals surface area contributed by atoms with Crippen molar-refractivity contribution in [3.63, 3.8) is 0 Å². The van der Waals surface area contributed by atoms with Crippen LogP contribution in [0.5, 0.6) is 0 Å². The summed E-state index contributed by atoms with van der Waals surface area (Å²) in [6, 6.07) is 7.13. The minimum absolute atomic E-state index is 0.0120. The van der Waals surface area contributed by atoms with Crippen molar-refractivity contribution in [3.05, 3.63) is 29.8 Å². The second-order valence-corrected chi connectivity index (χ2v) is 11.3. The molecule has 1 aromatic carbocycles. The first-order chi connectivity index (χ1) is 13.2. The lowest BCUT2D eigenvalue weighted by Crippen LogP contribution is -2.50. The number of sulfonamides is 1. The zero-order chi connectivity index (χ0) is 20.4. The summed E-state index contributed by atoms with van der Waals surface area (Å²) in [5, 5.41) is 3.13. The lowest BCUT2D eigenvalue weighted by atomic mass is 9.87. The standard InChI is InChI=1S/C22H34N2O3S/c1-22(2,3)18-11-13-20(14-12-18)28(26,27)24-15-7-10-19(16-24)23-21(25)17-8-5-4-6-9-17/h11-14,17,19H,4-10,15-16H2,1-3H3,(H,23,25)/t19-/m0/s1. The van der Waals surface area contributed by atoms with Crippen molar-refractivity contribution in [1.29, 1.82) is 0 Å². The van der Waals surface area contributed by atoms with Crippen LogP contribution in [0.15, 0.2) is 29.2 Å². The molecule has 1 aliphatic heterocycles. The first kappa shape index (κ1) is 21.3. The lowest BCUT2D eigenvalue weighted by Gasteiger charge is -2.33. The van der Waals surface area contributed by atoms with Crippen LogP contribution in [0.25, 0.3) is 0 Å². The van der Waals surface area contributed by atoms with Crippen molar-refractivity contribution in [2.24, 2.45) is 5.92 Å². The topological polar surface area (TPSA) is 66.5 Å². The molecule has 3 rings (SSSR count). The highest BCUT2D eigenvalue weighted by molar-refractivity contribution is 7.89. The highest BCUT2D eigenvalue weighted by Gasteiger charge is 2.32. The highest BCUT2D eigenvalue weighted by atomic mass is 32.2. The van der Waals surface area contributed by atoms with E-state index in [0.717, 1.165) is 44.1 Å². The van der Waals surface area contributed by atoms with Crippen LogP contribution in [0.2, 0.25) is 0 Å². The van der Waals surface area contributed by atoms with E-state index in [1.807, 2.05) is 12.1 Å². The fourth-order valence-electron chi connectivity index (χ4n) is 4.24. The van der Waals surface area contributed by atoms with Crippen molar-refractivity contribution >= 4 is 15.9 Å². The fourth-order valence-corrected chi connectivity index (χ4v) is 5.76. The molecule has 0 radical (unpaired) electrons. The summed E-state index contributed by atoms with van der Waals surface area (Å²) in [4.78, 5) is 12.9. The number of carbonyl (C=O) groups excluding carboxylic acids is 1. The van der Waals surface area contributed by atoms with Gasteiger partial charge in [-0.25, -0.2) is 8.42 Å². The van der Waals surface area contributed by atoms with E-state index in [2.05, 4.69) is 26.1 Å². The first-order valence-electron chi connectivity index (χ1n) is 10.6. The van der Waals surface area contributed by atoms with Crippen molar-refractivity contribution < 1.29 is 13.2 Å². The van der Waals surface area contributed by atoms with Crippen LogP contribution in [0.1, 0.15) is 71.3 Å². The van der Waals surface area contributed by atoms with Gasteiger partial charge in [-0.15, -0.1) is 0 Å². The van der Waals surface area contributed by atoms with Crippen LogP contribution in [0, 0.1) is 5.92 Å². The van der Waals surface area contributed by atoms with E-state index in [1.165, 1.54) is 10.7 Å². The molecule has 0 unspecified atom stereocenters. The maximum absolute atomic E-state index is 13.1. The number of nitrogens with zero attached hydrogens (tertiary/aromatic N) is 1.